The van der Waals surface area contributed by atoms with Gasteiger partial charge in [-0.25, -0.2) is 9.78 Å². The number of nitrogens with zero attached hydrogens (tertiary/aromatic N) is 6. The van der Waals surface area contributed by atoms with Crippen molar-refractivity contribution in [1.82, 2.24) is 28.5 Å². The molecule has 0 radical (unpaired) electrons. The molecule has 0 bridgehead atoms. The van der Waals surface area contributed by atoms with Crippen molar-refractivity contribution in [2.24, 2.45) is 21.1 Å². The zero-order valence-electron chi connectivity index (χ0n) is 23.4. The number of rotatable bonds is 6. The van der Waals surface area contributed by atoms with Gasteiger partial charge in [-0.1, -0.05) is 20.8 Å². The Kier molecular flexibility index (Phi) is 6.11. The van der Waals surface area contributed by atoms with Crippen molar-refractivity contribution in [3.05, 3.63) is 53.0 Å². The zero-order valence-corrected chi connectivity index (χ0v) is 23.4. The third-order valence-electron chi connectivity index (χ3n) is 7.12. The maximum Gasteiger partial charge on any atom is 0.328 e. The Morgan fingerprint density at radius 2 is 1.74 bits per heavy atom. The summed E-state index contributed by atoms with van der Waals surface area (Å²) in [5, 5.41) is 27.6. The molecule has 39 heavy (non-hydrogen) atoms. The van der Waals surface area contributed by atoms with Crippen LogP contribution in [0.3, 0.4) is 0 Å². The molecular formula is C28H36N8O3. The maximum absolute atomic E-state index is 12.9. The van der Waals surface area contributed by atoms with Crippen LogP contribution in [0, 0.1) is 0 Å². The molecular weight excluding hydrogens is 496 g/mol. The number of anilines is 2. The summed E-state index contributed by atoms with van der Waals surface area (Å²) in [6, 6.07) is 7.82. The van der Waals surface area contributed by atoms with Gasteiger partial charge in [0.05, 0.1) is 46.2 Å². The topological polar surface area (TPSA) is 141 Å². The first-order valence-electron chi connectivity index (χ1n) is 12.8. The fourth-order valence-corrected chi connectivity index (χ4v) is 4.96. The summed E-state index contributed by atoms with van der Waals surface area (Å²) in [5.74, 6) is 0.828. The van der Waals surface area contributed by atoms with Gasteiger partial charge >= 0.3 is 5.69 Å². The molecule has 11 nitrogen and oxygen atoms in total. The van der Waals surface area contributed by atoms with Gasteiger partial charge in [0.1, 0.15) is 11.4 Å². The minimum Gasteiger partial charge on any atom is -0.398 e. The Morgan fingerprint density at radius 3 is 2.36 bits per heavy atom. The number of imidazole rings is 2. The van der Waals surface area contributed by atoms with Crippen LogP contribution < -0.4 is 16.7 Å². The van der Waals surface area contributed by atoms with Crippen LogP contribution in [-0.2, 0) is 26.6 Å². The molecule has 0 aliphatic rings. The van der Waals surface area contributed by atoms with Crippen molar-refractivity contribution in [3.8, 4) is 16.8 Å². The highest BCUT2D eigenvalue weighted by Crippen LogP contribution is 2.37. The number of aliphatic hydroxyl groups excluding tert-OH is 1. The second kappa shape index (κ2) is 8.99. The van der Waals surface area contributed by atoms with Crippen molar-refractivity contribution >= 4 is 33.4 Å². The van der Waals surface area contributed by atoms with Crippen LogP contribution >= 0.6 is 0 Å². The molecule has 206 valence electrons. The highest BCUT2D eigenvalue weighted by molar-refractivity contribution is 5.94. The summed E-state index contributed by atoms with van der Waals surface area (Å²) in [4.78, 5) is 18.0. The number of fused-ring (bicyclic) bond motifs is 2. The van der Waals surface area contributed by atoms with Gasteiger partial charge in [0.15, 0.2) is 0 Å². The van der Waals surface area contributed by atoms with Gasteiger partial charge in [-0.05, 0) is 31.2 Å². The lowest BCUT2D eigenvalue weighted by atomic mass is 9.95. The SMILES string of the molecule is Cn1cc(-c2cc3nc(C(C)(C)C)n(-c4cc(NCC(C)(O)CO)c5c(c4)n(C)c(=O)n5C)c3cc2N)cn1. The molecule has 1 atom stereocenters. The van der Waals surface area contributed by atoms with Crippen molar-refractivity contribution in [1.29, 1.82) is 0 Å². The predicted octanol–water partition coefficient (Wildman–Crippen LogP) is 2.65. The summed E-state index contributed by atoms with van der Waals surface area (Å²) >= 11 is 0. The average Bonchev–Trinajstić information content (AvgIpc) is 3.53. The lowest BCUT2D eigenvalue weighted by Crippen LogP contribution is -2.37. The standard InChI is InChI=1S/C28H36N8O3/c1-27(2,3)25-32-20-10-18(16-12-31-33(5)13-16)19(29)11-22(20)36(25)17-8-21(30-14-28(4,39)15-37)24-23(9-17)34(6)26(38)35(24)7/h8-13,30,37,39H,14-15,29H2,1-7H3. The lowest BCUT2D eigenvalue weighted by molar-refractivity contribution is 0.0132. The molecule has 1 unspecified atom stereocenters. The van der Waals surface area contributed by atoms with E-state index in [2.05, 4.69) is 35.8 Å². The number of aryl methyl sites for hydroxylation is 3. The first kappa shape index (κ1) is 26.5. The fraction of sp³-hybridized carbons (Fsp3) is 0.393. The number of aliphatic hydroxyl groups is 2. The molecule has 0 amide bonds. The lowest BCUT2D eigenvalue weighted by Gasteiger charge is -2.23. The Labute approximate surface area is 226 Å². The third kappa shape index (κ3) is 4.47. The van der Waals surface area contributed by atoms with Crippen LogP contribution in [0.25, 0.3) is 38.9 Å². The number of hydrogen-bond acceptors (Lipinski definition) is 7. The van der Waals surface area contributed by atoms with E-state index >= 15 is 0 Å². The van der Waals surface area contributed by atoms with Gasteiger partial charge in [-0.3, -0.25) is 18.4 Å². The minimum atomic E-state index is -1.34. The van der Waals surface area contributed by atoms with Gasteiger partial charge in [-0.2, -0.15) is 5.10 Å². The smallest absolute Gasteiger partial charge is 0.328 e. The van der Waals surface area contributed by atoms with Crippen LogP contribution in [0.4, 0.5) is 11.4 Å². The molecule has 0 saturated heterocycles. The molecule has 2 aromatic carbocycles. The molecule has 0 aliphatic carbocycles. The van der Waals surface area contributed by atoms with E-state index in [4.69, 9.17) is 10.7 Å². The number of nitrogens with one attached hydrogen (secondary N) is 1. The van der Waals surface area contributed by atoms with Crippen LogP contribution in [-0.4, -0.2) is 57.4 Å². The molecule has 0 spiro atoms. The van der Waals surface area contributed by atoms with E-state index in [1.54, 1.807) is 41.0 Å². The van der Waals surface area contributed by atoms with E-state index in [1.807, 2.05) is 37.5 Å². The first-order valence-corrected chi connectivity index (χ1v) is 12.8. The largest absolute Gasteiger partial charge is 0.398 e. The number of hydrogen-bond donors (Lipinski definition) is 4. The van der Waals surface area contributed by atoms with Crippen LogP contribution in [0.15, 0.2) is 41.5 Å². The number of aromatic nitrogens is 6. The van der Waals surface area contributed by atoms with Crippen molar-refractivity contribution in [2.75, 3.05) is 24.2 Å². The van der Waals surface area contributed by atoms with Crippen molar-refractivity contribution in [3.63, 3.8) is 0 Å². The number of nitrogen functional groups attached to an aromatic ring is 1. The van der Waals surface area contributed by atoms with Gasteiger partial charge < -0.3 is 21.3 Å². The Morgan fingerprint density at radius 1 is 1.03 bits per heavy atom. The third-order valence-corrected chi connectivity index (χ3v) is 7.12. The summed E-state index contributed by atoms with van der Waals surface area (Å²) < 4.78 is 6.98. The van der Waals surface area contributed by atoms with Gasteiger partial charge in [-0.15, -0.1) is 0 Å². The minimum absolute atomic E-state index is 0.0867. The molecule has 5 aromatic rings. The molecule has 0 fully saturated rings. The van der Waals surface area contributed by atoms with Gasteiger partial charge in [0, 0.05) is 56.1 Å². The van der Waals surface area contributed by atoms with Crippen LogP contribution in [0.5, 0.6) is 0 Å². The van der Waals surface area contributed by atoms with Gasteiger partial charge in [0.25, 0.3) is 0 Å². The van der Waals surface area contributed by atoms with Crippen LogP contribution in [0.1, 0.15) is 33.5 Å². The van der Waals surface area contributed by atoms with Gasteiger partial charge in [0.2, 0.25) is 0 Å². The summed E-state index contributed by atoms with van der Waals surface area (Å²) in [6.45, 7) is 7.53. The highest BCUT2D eigenvalue weighted by atomic mass is 16.3. The van der Waals surface area contributed by atoms with Crippen LogP contribution in [0.2, 0.25) is 0 Å². The highest BCUT2D eigenvalue weighted by Gasteiger charge is 2.27. The van der Waals surface area contributed by atoms with E-state index in [-0.39, 0.29) is 17.6 Å². The normalized spacial score (nSPS) is 13.9. The van der Waals surface area contributed by atoms with E-state index in [0.717, 1.165) is 33.7 Å². The van der Waals surface area contributed by atoms with E-state index in [1.165, 1.54) is 0 Å². The Balaban J connectivity index is 1.80. The maximum atomic E-state index is 12.9. The molecule has 0 saturated carbocycles. The zero-order chi connectivity index (χ0) is 28.4. The second-order valence-corrected chi connectivity index (χ2v) is 11.6. The van der Waals surface area contributed by atoms with Crippen molar-refractivity contribution in [2.45, 2.75) is 38.7 Å². The number of nitrogens with two attached hydrogens (primary N) is 1. The van der Waals surface area contributed by atoms with Crippen molar-refractivity contribution < 1.29 is 10.2 Å². The quantitative estimate of drug-likeness (QED) is 0.246. The Bertz CT molecular complexity index is 1780. The molecule has 5 rings (SSSR count). The average molecular weight is 533 g/mol. The molecule has 5 N–H and O–H groups in total. The molecule has 3 heterocycles. The molecule has 11 heteroatoms. The monoisotopic (exact) mass is 532 g/mol. The summed E-state index contributed by atoms with van der Waals surface area (Å²) in [6.07, 6.45) is 3.70. The second-order valence-electron chi connectivity index (χ2n) is 11.6. The first-order chi connectivity index (χ1) is 18.2. The van der Waals surface area contributed by atoms with E-state index in [9.17, 15) is 15.0 Å². The summed E-state index contributed by atoms with van der Waals surface area (Å²) in [7, 11) is 5.31. The summed E-state index contributed by atoms with van der Waals surface area (Å²) in [5.41, 5.74) is 11.6. The Hall–Kier alpha value is -4.09. The van der Waals surface area contributed by atoms with E-state index in [0.29, 0.717) is 22.4 Å². The van der Waals surface area contributed by atoms with E-state index < -0.39 is 12.2 Å². The molecule has 3 aromatic heterocycles. The molecule has 0 aliphatic heterocycles. The predicted molar refractivity (Wildman–Crippen MR) is 154 cm³/mol. The fourth-order valence-electron chi connectivity index (χ4n) is 4.96. The number of benzene rings is 2.